The number of carbonyl (C=O) groups is 2. The SMILES string of the molecule is Cc1cccnc1NC(=O)NC(=O)COc1ccc(Cl)cc1Cl. The zero-order valence-corrected chi connectivity index (χ0v) is 13.6. The van der Waals surface area contributed by atoms with Crippen LogP contribution in [0.4, 0.5) is 10.6 Å². The molecule has 1 aromatic carbocycles. The van der Waals surface area contributed by atoms with Crippen LogP contribution in [0.2, 0.25) is 10.0 Å². The van der Waals surface area contributed by atoms with Crippen LogP contribution in [-0.4, -0.2) is 23.5 Å². The summed E-state index contributed by atoms with van der Waals surface area (Å²) in [4.78, 5) is 27.4. The Labute approximate surface area is 142 Å². The van der Waals surface area contributed by atoms with Crippen LogP contribution < -0.4 is 15.4 Å². The maximum Gasteiger partial charge on any atom is 0.327 e. The first-order valence-electron chi connectivity index (χ1n) is 6.56. The first-order valence-corrected chi connectivity index (χ1v) is 7.31. The molecule has 6 nitrogen and oxygen atoms in total. The summed E-state index contributed by atoms with van der Waals surface area (Å²) in [5.74, 6) is 0.0498. The normalized spacial score (nSPS) is 10.0. The lowest BCUT2D eigenvalue weighted by Gasteiger charge is -2.09. The number of halogens is 2. The molecule has 0 unspecified atom stereocenters. The number of nitrogens with zero attached hydrogens (tertiary/aromatic N) is 1. The van der Waals surface area contributed by atoms with Crippen LogP contribution in [0.15, 0.2) is 36.5 Å². The third-order valence-corrected chi connectivity index (χ3v) is 3.28. The molecular weight excluding hydrogens is 341 g/mol. The number of carbonyl (C=O) groups excluding carboxylic acids is 2. The summed E-state index contributed by atoms with van der Waals surface area (Å²) < 4.78 is 5.23. The molecule has 0 saturated carbocycles. The van der Waals surface area contributed by atoms with Gasteiger partial charge in [-0.3, -0.25) is 15.4 Å². The van der Waals surface area contributed by atoms with Gasteiger partial charge in [-0.2, -0.15) is 0 Å². The Bertz CT molecular complexity index is 738. The number of amides is 3. The van der Waals surface area contributed by atoms with Crippen molar-refractivity contribution in [2.45, 2.75) is 6.92 Å². The molecule has 0 bridgehead atoms. The Morgan fingerprint density at radius 1 is 1.26 bits per heavy atom. The lowest BCUT2D eigenvalue weighted by Crippen LogP contribution is -2.37. The second-order valence-corrected chi connectivity index (χ2v) is 5.38. The van der Waals surface area contributed by atoms with E-state index in [1.54, 1.807) is 25.1 Å². The standard InChI is InChI=1S/C15H13Cl2N3O3/c1-9-3-2-6-18-14(9)20-15(22)19-13(21)8-23-12-5-4-10(16)7-11(12)17/h2-7H,8H2,1H3,(H2,18,19,20,21,22). The van der Waals surface area contributed by atoms with Crippen LogP contribution in [-0.2, 0) is 4.79 Å². The molecule has 0 atom stereocenters. The van der Waals surface area contributed by atoms with Gasteiger partial charge < -0.3 is 4.74 Å². The van der Waals surface area contributed by atoms with Crippen molar-refractivity contribution in [3.8, 4) is 5.75 Å². The van der Waals surface area contributed by atoms with Crippen LogP contribution >= 0.6 is 23.2 Å². The summed E-state index contributed by atoms with van der Waals surface area (Å²) in [5, 5.41) is 5.34. The average molecular weight is 354 g/mol. The summed E-state index contributed by atoms with van der Waals surface area (Å²) in [6, 6.07) is 7.45. The largest absolute Gasteiger partial charge is 0.482 e. The van der Waals surface area contributed by atoms with Gasteiger partial charge in [0.15, 0.2) is 6.61 Å². The number of urea groups is 1. The van der Waals surface area contributed by atoms with Gasteiger partial charge in [0.05, 0.1) is 5.02 Å². The van der Waals surface area contributed by atoms with Crippen molar-refractivity contribution in [1.82, 2.24) is 10.3 Å². The summed E-state index contributed by atoms with van der Waals surface area (Å²) in [6.07, 6.45) is 1.54. The van der Waals surface area contributed by atoms with Gasteiger partial charge in [-0.25, -0.2) is 9.78 Å². The van der Waals surface area contributed by atoms with Gasteiger partial charge in [-0.05, 0) is 36.8 Å². The van der Waals surface area contributed by atoms with Gasteiger partial charge in [0.1, 0.15) is 11.6 Å². The molecular formula is C15H13Cl2N3O3. The van der Waals surface area contributed by atoms with Crippen LogP contribution in [0.3, 0.4) is 0 Å². The van der Waals surface area contributed by atoms with Crippen molar-refractivity contribution in [3.63, 3.8) is 0 Å². The molecule has 0 saturated heterocycles. The Balaban J connectivity index is 1.85. The van der Waals surface area contributed by atoms with Gasteiger partial charge >= 0.3 is 6.03 Å². The molecule has 3 amide bonds. The van der Waals surface area contributed by atoms with E-state index in [1.807, 2.05) is 0 Å². The van der Waals surface area contributed by atoms with E-state index in [-0.39, 0.29) is 11.6 Å². The highest BCUT2D eigenvalue weighted by Gasteiger charge is 2.11. The zero-order valence-electron chi connectivity index (χ0n) is 12.1. The second-order valence-electron chi connectivity index (χ2n) is 4.53. The third kappa shape index (κ3) is 5.12. The zero-order chi connectivity index (χ0) is 16.8. The van der Waals surface area contributed by atoms with Gasteiger partial charge in [0, 0.05) is 11.2 Å². The van der Waals surface area contributed by atoms with E-state index < -0.39 is 11.9 Å². The molecule has 1 aromatic heterocycles. The number of aryl methyl sites for hydroxylation is 1. The van der Waals surface area contributed by atoms with Crippen molar-refractivity contribution in [2.24, 2.45) is 0 Å². The molecule has 0 aliphatic carbocycles. The minimum absolute atomic E-state index is 0.277. The summed E-state index contributed by atoms with van der Waals surface area (Å²) in [6.45, 7) is 1.42. The maximum atomic E-state index is 11.7. The molecule has 2 N–H and O–H groups in total. The van der Waals surface area contributed by atoms with Crippen LogP contribution in [0, 0.1) is 6.92 Å². The highest BCUT2D eigenvalue weighted by molar-refractivity contribution is 6.35. The van der Waals surface area contributed by atoms with Gasteiger partial charge in [0.25, 0.3) is 5.91 Å². The summed E-state index contributed by atoms with van der Waals surface area (Å²) in [5.41, 5.74) is 0.777. The molecule has 0 aliphatic rings. The first kappa shape index (κ1) is 17.1. The lowest BCUT2D eigenvalue weighted by atomic mass is 10.3. The Morgan fingerprint density at radius 3 is 2.74 bits per heavy atom. The topological polar surface area (TPSA) is 80.3 Å². The number of anilines is 1. The Morgan fingerprint density at radius 2 is 2.04 bits per heavy atom. The fraction of sp³-hybridized carbons (Fsp3) is 0.133. The molecule has 8 heteroatoms. The molecule has 2 aromatic rings. The van der Waals surface area contributed by atoms with Crippen LogP contribution in [0.5, 0.6) is 5.75 Å². The molecule has 120 valence electrons. The lowest BCUT2D eigenvalue weighted by molar-refractivity contribution is -0.121. The number of benzene rings is 1. The number of pyridine rings is 1. The van der Waals surface area contributed by atoms with E-state index in [2.05, 4.69) is 15.6 Å². The molecule has 0 spiro atoms. The molecule has 23 heavy (non-hydrogen) atoms. The summed E-state index contributed by atoms with van der Waals surface area (Å²) >= 11 is 11.7. The number of nitrogens with one attached hydrogen (secondary N) is 2. The highest BCUT2D eigenvalue weighted by atomic mass is 35.5. The van der Waals surface area contributed by atoms with Crippen molar-refractivity contribution >= 4 is 41.0 Å². The number of aromatic nitrogens is 1. The highest BCUT2D eigenvalue weighted by Crippen LogP contribution is 2.27. The third-order valence-electron chi connectivity index (χ3n) is 2.75. The Kier molecular flexibility index (Phi) is 5.78. The number of ether oxygens (including phenoxy) is 1. The fourth-order valence-corrected chi connectivity index (χ4v) is 2.12. The first-order chi connectivity index (χ1) is 11.0. The van der Waals surface area contributed by atoms with Crippen molar-refractivity contribution < 1.29 is 14.3 Å². The van der Waals surface area contributed by atoms with Crippen molar-refractivity contribution in [1.29, 1.82) is 0 Å². The van der Waals surface area contributed by atoms with Crippen molar-refractivity contribution in [2.75, 3.05) is 11.9 Å². The van der Waals surface area contributed by atoms with E-state index >= 15 is 0 Å². The number of imide groups is 1. The predicted octanol–water partition coefficient (Wildman–Crippen LogP) is 3.42. The number of hydrogen-bond donors (Lipinski definition) is 2. The maximum absolute atomic E-state index is 11.7. The predicted molar refractivity (Wildman–Crippen MR) is 88.1 cm³/mol. The smallest absolute Gasteiger partial charge is 0.327 e. The minimum Gasteiger partial charge on any atom is -0.482 e. The Hall–Kier alpha value is -2.31. The second kappa shape index (κ2) is 7.80. The van der Waals surface area contributed by atoms with Gasteiger partial charge in [-0.1, -0.05) is 29.3 Å². The van der Waals surface area contributed by atoms with E-state index in [0.29, 0.717) is 16.6 Å². The average Bonchev–Trinajstić information content (AvgIpc) is 2.48. The number of rotatable bonds is 4. The van der Waals surface area contributed by atoms with E-state index in [9.17, 15) is 9.59 Å². The quantitative estimate of drug-likeness (QED) is 0.882. The minimum atomic E-state index is -0.692. The van der Waals surface area contributed by atoms with Gasteiger partial charge in [-0.15, -0.1) is 0 Å². The van der Waals surface area contributed by atoms with Crippen molar-refractivity contribution in [3.05, 3.63) is 52.1 Å². The molecule has 0 fully saturated rings. The van der Waals surface area contributed by atoms with Gasteiger partial charge in [0.2, 0.25) is 0 Å². The van der Waals surface area contributed by atoms with E-state index in [0.717, 1.165) is 5.56 Å². The van der Waals surface area contributed by atoms with E-state index in [4.69, 9.17) is 27.9 Å². The molecule has 2 rings (SSSR count). The fourth-order valence-electron chi connectivity index (χ4n) is 1.65. The number of hydrogen-bond acceptors (Lipinski definition) is 4. The summed E-state index contributed by atoms with van der Waals surface area (Å²) in [7, 11) is 0. The molecule has 0 radical (unpaired) electrons. The monoisotopic (exact) mass is 353 g/mol. The molecule has 1 heterocycles. The van der Waals surface area contributed by atoms with E-state index in [1.165, 1.54) is 18.3 Å². The van der Waals surface area contributed by atoms with Crippen LogP contribution in [0.1, 0.15) is 5.56 Å². The molecule has 0 aliphatic heterocycles. The van der Waals surface area contributed by atoms with Crippen LogP contribution in [0.25, 0.3) is 0 Å².